The van der Waals surface area contributed by atoms with Crippen molar-refractivity contribution in [2.24, 2.45) is 5.41 Å². The van der Waals surface area contributed by atoms with Gasteiger partial charge in [0, 0.05) is 12.5 Å². The summed E-state index contributed by atoms with van der Waals surface area (Å²) in [4.78, 5) is 10.8. The summed E-state index contributed by atoms with van der Waals surface area (Å²) in [7, 11) is -2.01. The van der Waals surface area contributed by atoms with Crippen molar-refractivity contribution in [2.75, 3.05) is 0 Å². The highest BCUT2D eigenvalue weighted by molar-refractivity contribution is 6.74. The number of aliphatic carboxylic acids is 1. The van der Waals surface area contributed by atoms with Gasteiger partial charge < -0.3 is 19.7 Å². The van der Waals surface area contributed by atoms with Gasteiger partial charge >= 0.3 is 5.97 Å². The molecule has 7 heteroatoms. The largest absolute Gasteiger partial charge is 0.481 e. The van der Waals surface area contributed by atoms with E-state index < -0.39 is 32.9 Å². The average molecular weight is 507 g/mol. The first-order chi connectivity index (χ1) is 15.9. The maximum atomic E-state index is 14.1. The molecule has 0 aromatic heterocycles. The summed E-state index contributed by atoms with van der Waals surface area (Å²) >= 11 is 0. The lowest BCUT2D eigenvalue weighted by Gasteiger charge is -2.45. The molecule has 1 aliphatic rings. The number of rotatable bonds is 9. The van der Waals surface area contributed by atoms with Crippen LogP contribution in [0.3, 0.4) is 0 Å². The molecule has 3 atom stereocenters. The number of aliphatic hydroxyl groups excluding tert-OH is 2. The molecule has 0 bridgehead atoms. The number of benzene rings is 1. The van der Waals surface area contributed by atoms with Crippen LogP contribution in [0.15, 0.2) is 35.9 Å². The summed E-state index contributed by atoms with van der Waals surface area (Å²) in [6, 6.07) is 5.14. The van der Waals surface area contributed by atoms with Gasteiger partial charge in [0.1, 0.15) is 5.82 Å². The summed E-state index contributed by atoms with van der Waals surface area (Å²) in [5.74, 6) is -1.36. The number of carboxylic acids is 1. The van der Waals surface area contributed by atoms with Crippen LogP contribution >= 0.6 is 0 Å². The van der Waals surface area contributed by atoms with E-state index in [4.69, 9.17) is 9.53 Å². The van der Waals surface area contributed by atoms with Gasteiger partial charge in [-0.2, -0.15) is 0 Å². The van der Waals surface area contributed by atoms with Crippen molar-refractivity contribution in [1.82, 2.24) is 0 Å². The predicted octanol–water partition coefficient (Wildman–Crippen LogP) is 6.24. The third-order valence-electron chi connectivity index (χ3n) is 7.41. The summed E-state index contributed by atoms with van der Waals surface area (Å²) in [6.07, 6.45) is 2.43. The Morgan fingerprint density at radius 2 is 1.91 bits per heavy atom. The maximum absolute atomic E-state index is 14.1. The lowest BCUT2D eigenvalue weighted by atomic mass is 9.69. The van der Waals surface area contributed by atoms with E-state index in [-0.39, 0.29) is 28.8 Å². The van der Waals surface area contributed by atoms with Crippen LogP contribution in [0.25, 0.3) is 5.57 Å². The second kappa shape index (κ2) is 11.1. The molecular formula is C28H43FO5Si. The van der Waals surface area contributed by atoms with Crippen LogP contribution < -0.4 is 0 Å². The second-order valence-corrected chi connectivity index (χ2v) is 16.8. The molecule has 3 unspecified atom stereocenters. The van der Waals surface area contributed by atoms with Gasteiger partial charge in [-0.25, -0.2) is 4.39 Å². The molecule has 5 nitrogen and oxygen atoms in total. The molecule has 0 radical (unpaired) electrons. The van der Waals surface area contributed by atoms with Crippen LogP contribution in [0.4, 0.5) is 4.39 Å². The van der Waals surface area contributed by atoms with Crippen molar-refractivity contribution >= 4 is 19.9 Å². The third kappa shape index (κ3) is 7.84. The van der Waals surface area contributed by atoms with Crippen LogP contribution in [-0.4, -0.2) is 47.9 Å². The first kappa shape index (κ1) is 29.4. The zero-order valence-electron chi connectivity index (χ0n) is 22.5. The van der Waals surface area contributed by atoms with Gasteiger partial charge in [0.2, 0.25) is 0 Å². The van der Waals surface area contributed by atoms with E-state index in [1.807, 2.05) is 12.1 Å². The molecule has 1 aromatic rings. The molecule has 0 fully saturated rings. The molecule has 3 N–H and O–H groups in total. The zero-order valence-corrected chi connectivity index (χ0v) is 23.5. The highest BCUT2D eigenvalue weighted by Crippen LogP contribution is 2.48. The smallest absolute Gasteiger partial charge is 0.305 e. The Bertz CT molecular complexity index is 974. The summed E-state index contributed by atoms with van der Waals surface area (Å²) in [5, 5.41) is 29.3. The molecule has 196 valence electrons. The fourth-order valence-corrected chi connectivity index (χ4v) is 5.81. The Labute approximate surface area is 210 Å². The van der Waals surface area contributed by atoms with E-state index in [0.717, 1.165) is 23.1 Å². The van der Waals surface area contributed by atoms with Crippen molar-refractivity contribution < 1.29 is 28.9 Å². The fourth-order valence-electron chi connectivity index (χ4n) is 4.46. The zero-order chi connectivity index (χ0) is 26.8. The van der Waals surface area contributed by atoms with Gasteiger partial charge in [0.05, 0.1) is 18.6 Å². The predicted molar refractivity (Wildman–Crippen MR) is 141 cm³/mol. The van der Waals surface area contributed by atoms with Crippen molar-refractivity contribution in [1.29, 1.82) is 0 Å². The lowest BCUT2D eigenvalue weighted by molar-refractivity contribution is -0.139. The number of halogens is 1. The van der Waals surface area contributed by atoms with Gasteiger partial charge in [0.15, 0.2) is 8.32 Å². The van der Waals surface area contributed by atoms with E-state index in [1.54, 1.807) is 19.1 Å². The second-order valence-electron chi connectivity index (χ2n) is 12.1. The van der Waals surface area contributed by atoms with Crippen molar-refractivity contribution in [3.05, 3.63) is 52.9 Å². The van der Waals surface area contributed by atoms with Crippen LogP contribution in [0, 0.1) is 18.2 Å². The summed E-state index contributed by atoms with van der Waals surface area (Å²) in [6.45, 7) is 17.2. The molecule has 2 rings (SSSR count). The first-order valence-corrected chi connectivity index (χ1v) is 15.3. The van der Waals surface area contributed by atoms with E-state index in [1.165, 1.54) is 6.07 Å². The number of aliphatic hydroxyl groups is 2. The number of hydrogen-bond donors (Lipinski definition) is 3. The average Bonchev–Trinajstić information content (AvgIpc) is 2.66. The molecule has 0 saturated carbocycles. The van der Waals surface area contributed by atoms with Crippen LogP contribution in [-0.2, 0) is 9.22 Å². The lowest BCUT2D eigenvalue weighted by Crippen LogP contribution is -2.46. The van der Waals surface area contributed by atoms with Crippen molar-refractivity contribution in [3.63, 3.8) is 0 Å². The standard InChI is InChI=1S/C28H43FO5Si/c1-18-13-19(9-12-25(18)29)23-16-22(34-35(7,8)27(2,3)4)17-28(5,6)24(23)11-10-20(30)14-21(31)15-26(32)33/h9-13,20-22,30-31H,14-17H2,1-8H3,(H,32,33). The SMILES string of the molecule is Cc1cc(C2=C(C=CC(O)CC(O)CC(=O)O)C(C)(C)CC(O[Si](C)(C)C(C)(C)C)C2)ccc1F. The van der Waals surface area contributed by atoms with E-state index in [2.05, 4.69) is 47.7 Å². The minimum Gasteiger partial charge on any atom is -0.481 e. The first-order valence-electron chi connectivity index (χ1n) is 12.4. The fraction of sp³-hybridized carbons (Fsp3) is 0.607. The molecule has 1 aliphatic carbocycles. The quantitative estimate of drug-likeness (QED) is 0.345. The maximum Gasteiger partial charge on any atom is 0.305 e. The minimum atomic E-state index is -2.01. The van der Waals surface area contributed by atoms with Crippen LogP contribution in [0.1, 0.15) is 71.4 Å². The van der Waals surface area contributed by atoms with E-state index in [0.29, 0.717) is 12.0 Å². The Balaban J connectivity index is 2.47. The Morgan fingerprint density at radius 3 is 2.46 bits per heavy atom. The van der Waals surface area contributed by atoms with Crippen LogP contribution in [0.5, 0.6) is 0 Å². The monoisotopic (exact) mass is 506 g/mol. The van der Waals surface area contributed by atoms with E-state index in [9.17, 15) is 19.4 Å². The van der Waals surface area contributed by atoms with Crippen molar-refractivity contribution in [3.8, 4) is 0 Å². The number of hydrogen-bond acceptors (Lipinski definition) is 4. The molecule has 0 saturated heterocycles. The molecular weight excluding hydrogens is 463 g/mol. The van der Waals surface area contributed by atoms with Crippen molar-refractivity contribution in [2.45, 2.75) is 104 Å². The number of carbonyl (C=O) groups is 1. The number of carboxylic acid groups (broad SMARTS) is 1. The van der Waals surface area contributed by atoms with Gasteiger partial charge in [0.25, 0.3) is 0 Å². The molecule has 35 heavy (non-hydrogen) atoms. The molecule has 1 aromatic carbocycles. The Kier molecular flexibility index (Phi) is 9.31. The third-order valence-corrected chi connectivity index (χ3v) is 11.9. The highest BCUT2D eigenvalue weighted by atomic mass is 28.4. The Hall–Kier alpha value is -1.80. The van der Waals surface area contributed by atoms with E-state index >= 15 is 0 Å². The van der Waals surface area contributed by atoms with Crippen LogP contribution in [0.2, 0.25) is 18.1 Å². The number of aryl methyl sites for hydroxylation is 1. The molecule has 0 aliphatic heterocycles. The summed E-state index contributed by atoms with van der Waals surface area (Å²) < 4.78 is 20.9. The van der Waals surface area contributed by atoms with Gasteiger partial charge in [-0.15, -0.1) is 0 Å². The Morgan fingerprint density at radius 1 is 1.29 bits per heavy atom. The highest BCUT2D eigenvalue weighted by Gasteiger charge is 2.42. The summed E-state index contributed by atoms with van der Waals surface area (Å²) in [5.41, 5.74) is 3.31. The topological polar surface area (TPSA) is 87.0 Å². The normalized spacial score (nSPS) is 20.8. The number of allylic oxidation sites excluding steroid dienone is 2. The molecule has 0 spiro atoms. The van der Waals surface area contributed by atoms with Gasteiger partial charge in [-0.1, -0.05) is 52.8 Å². The molecule has 0 amide bonds. The molecule has 0 heterocycles. The van der Waals surface area contributed by atoms with Gasteiger partial charge in [-0.05, 0) is 77.7 Å². The minimum absolute atomic E-state index is 0.0192. The van der Waals surface area contributed by atoms with Gasteiger partial charge in [-0.3, -0.25) is 4.79 Å².